The molecular weight excluding hydrogens is 750 g/mol. The van der Waals surface area contributed by atoms with E-state index in [1.807, 2.05) is 0 Å². The minimum Gasteiger partial charge on any atom is -0.463 e. The highest BCUT2D eigenvalue weighted by Gasteiger charge is 2.57. The monoisotopic (exact) mass is 789 g/mol. The zero-order valence-electron chi connectivity index (χ0n) is 28.8. The molecule has 1 aromatic carbocycles. The maximum absolute atomic E-state index is 12.6. The van der Waals surface area contributed by atoms with Gasteiger partial charge in [-0.3, -0.25) is 33.6 Å². The quantitative estimate of drug-likeness (QED) is 0.221. The van der Waals surface area contributed by atoms with Crippen LogP contribution in [0.4, 0.5) is 5.69 Å². The highest BCUT2D eigenvalue weighted by atomic mass is 79.9. The number of hydrogen-bond donors (Lipinski definition) is 1. The zero-order chi connectivity index (χ0) is 38.0. The van der Waals surface area contributed by atoms with E-state index in [0.29, 0.717) is 5.69 Å². The molecule has 1 aromatic rings. The fourth-order valence-corrected chi connectivity index (χ4v) is 5.60. The van der Waals surface area contributed by atoms with Crippen LogP contribution in [0.25, 0.3) is 0 Å². The highest BCUT2D eigenvalue weighted by molar-refractivity contribution is 9.10. The number of carbonyl (C=O) groups excluding carboxylic acids is 7. The second-order valence-electron chi connectivity index (χ2n) is 11.4. The lowest BCUT2D eigenvalue weighted by atomic mass is 9.95. The van der Waals surface area contributed by atoms with Gasteiger partial charge in [-0.05, 0) is 24.3 Å². The van der Waals surface area contributed by atoms with Crippen LogP contribution in [0.1, 0.15) is 48.5 Å². The van der Waals surface area contributed by atoms with Gasteiger partial charge in [0.1, 0.15) is 31.5 Å². The van der Waals surface area contributed by atoms with E-state index < -0.39 is 116 Å². The number of rotatable bonds is 13. The number of carbonyl (C=O) groups is 7. The SMILES string of the molecule is CC(=O)OC[C@H]1O[C@@H](O[C@H]2[C@H](OC(C)=O)[C@@H](OC(C)=O)C(Nc3ccc(Br)cc3)O[C@@H]2COC(C)=O)[C@H](OC(C)=O)[C@@H](OC(C)=O)[C@H]1OC(C)=O. The lowest BCUT2D eigenvalue weighted by Gasteiger charge is -2.49. The molecule has 282 valence electrons. The van der Waals surface area contributed by atoms with Gasteiger partial charge in [0.25, 0.3) is 0 Å². The third kappa shape index (κ3) is 12.4. The third-order valence-corrected chi connectivity index (χ3v) is 7.61. The average molecular weight is 791 g/mol. The van der Waals surface area contributed by atoms with Gasteiger partial charge in [0, 0.05) is 58.6 Å². The van der Waals surface area contributed by atoms with E-state index in [1.54, 1.807) is 24.3 Å². The van der Waals surface area contributed by atoms with Crippen molar-refractivity contribution in [1.29, 1.82) is 0 Å². The summed E-state index contributed by atoms with van der Waals surface area (Å²) in [5.41, 5.74) is 0.493. The molecule has 0 spiro atoms. The minimum atomic E-state index is -1.77. The molecule has 0 aromatic heterocycles. The van der Waals surface area contributed by atoms with Gasteiger partial charge < -0.3 is 52.7 Å². The topological polar surface area (TPSA) is 224 Å². The van der Waals surface area contributed by atoms with E-state index in [9.17, 15) is 33.6 Å². The van der Waals surface area contributed by atoms with Gasteiger partial charge in [-0.15, -0.1) is 0 Å². The normalized spacial score (nSPS) is 28.6. The first-order valence-corrected chi connectivity index (χ1v) is 16.4. The van der Waals surface area contributed by atoms with Crippen molar-refractivity contribution in [1.82, 2.24) is 0 Å². The highest BCUT2D eigenvalue weighted by Crippen LogP contribution is 2.35. The second-order valence-corrected chi connectivity index (χ2v) is 12.3. The Morgan fingerprint density at radius 1 is 0.549 bits per heavy atom. The van der Waals surface area contributed by atoms with Crippen LogP contribution in [0.2, 0.25) is 0 Å². The number of ether oxygens (including phenoxy) is 10. The van der Waals surface area contributed by atoms with E-state index in [1.165, 1.54) is 0 Å². The molecular formula is C32H40BrNO17. The second kappa shape index (κ2) is 18.8. The molecule has 2 fully saturated rings. The smallest absolute Gasteiger partial charge is 0.303 e. The molecule has 0 bridgehead atoms. The van der Waals surface area contributed by atoms with E-state index in [0.717, 1.165) is 52.9 Å². The van der Waals surface area contributed by atoms with Crippen molar-refractivity contribution >= 4 is 63.4 Å². The summed E-state index contributed by atoms with van der Waals surface area (Å²) in [5, 5.41) is 3.07. The first kappa shape index (κ1) is 41.1. The molecule has 3 rings (SSSR count). The molecule has 2 heterocycles. The summed E-state index contributed by atoms with van der Waals surface area (Å²) in [6.45, 7) is 6.54. The van der Waals surface area contributed by atoms with Crippen molar-refractivity contribution in [3.8, 4) is 0 Å². The molecule has 0 amide bonds. The molecule has 19 heteroatoms. The predicted octanol–water partition coefficient (Wildman–Crippen LogP) is 1.48. The maximum Gasteiger partial charge on any atom is 0.303 e. The zero-order valence-corrected chi connectivity index (χ0v) is 30.4. The Bertz CT molecular complexity index is 1440. The Morgan fingerprint density at radius 3 is 1.43 bits per heavy atom. The van der Waals surface area contributed by atoms with Crippen molar-refractivity contribution in [2.45, 2.75) is 110 Å². The van der Waals surface area contributed by atoms with Crippen LogP contribution in [0.3, 0.4) is 0 Å². The molecule has 1 N–H and O–H groups in total. The Kier molecular flexibility index (Phi) is 15.1. The number of halogens is 1. The molecule has 18 nitrogen and oxygen atoms in total. The lowest BCUT2D eigenvalue weighted by Crippen LogP contribution is -2.67. The third-order valence-electron chi connectivity index (χ3n) is 7.08. The first-order chi connectivity index (χ1) is 23.9. The molecule has 51 heavy (non-hydrogen) atoms. The van der Waals surface area contributed by atoms with Crippen molar-refractivity contribution in [3.63, 3.8) is 0 Å². The first-order valence-electron chi connectivity index (χ1n) is 15.6. The summed E-state index contributed by atoms with van der Waals surface area (Å²) >= 11 is 3.35. The van der Waals surface area contributed by atoms with Crippen LogP contribution in [0.15, 0.2) is 28.7 Å². The molecule has 0 aliphatic carbocycles. The van der Waals surface area contributed by atoms with Crippen LogP contribution >= 0.6 is 15.9 Å². The Labute approximate surface area is 301 Å². The van der Waals surface area contributed by atoms with Crippen LogP contribution in [0, 0.1) is 0 Å². The minimum absolute atomic E-state index is 0.493. The van der Waals surface area contributed by atoms with Crippen molar-refractivity contribution in [3.05, 3.63) is 28.7 Å². The number of esters is 7. The molecule has 0 radical (unpaired) electrons. The van der Waals surface area contributed by atoms with Gasteiger partial charge in [0.15, 0.2) is 43.0 Å². The fourth-order valence-electron chi connectivity index (χ4n) is 5.34. The number of nitrogens with one attached hydrogen (secondary N) is 1. The Morgan fingerprint density at radius 2 is 0.961 bits per heavy atom. The Hall–Kier alpha value is -4.33. The Balaban J connectivity index is 2.16. The van der Waals surface area contributed by atoms with E-state index >= 15 is 0 Å². The van der Waals surface area contributed by atoms with Gasteiger partial charge in [0.2, 0.25) is 0 Å². The summed E-state index contributed by atoms with van der Waals surface area (Å²) in [4.78, 5) is 85.6. The van der Waals surface area contributed by atoms with Gasteiger partial charge in [-0.1, -0.05) is 15.9 Å². The van der Waals surface area contributed by atoms with Gasteiger partial charge in [-0.25, -0.2) is 0 Å². The van der Waals surface area contributed by atoms with E-state index in [4.69, 9.17) is 47.4 Å². The van der Waals surface area contributed by atoms with Crippen LogP contribution < -0.4 is 5.32 Å². The molecule has 0 saturated carbocycles. The number of anilines is 1. The summed E-state index contributed by atoms with van der Waals surface area (Å²) in [6.07, 6.45) is -15.0. The van der Waals surface area contributed by atoms with Crippen LogP contribution in [-0.2, 0) is 80.9 Å². The number of benzene rings is 1. The van der Waals surface area contributed by atoms with Crippen molar-refractivity contribution in [2.75, 3.05) is 18.5 Å². The van der Waals surface area contributed by atoms with Gasteiger partial charge >= 0.3 is 41.8 Å². The number of hydrogen-bond acceptors (Lipinski definition) is 18. The predicted molar refractivity (Wildman–Crippen MR) is 171 cm³/mol. The molecule has 10 atom stereocenters. The largest absolute Gasteiger partial charge is 0.463 e. The van der Waals surface area contributed by atoms with Crippen molar-refractivity contribution in [2.24, 2.45) is 0 Å². The molecule has 2 saturated heterocycles. The lowest BCUT2D eigenvalue weighted by molar-refractivity contribution is -0.343. The van der Waals surface area contributed by atoms with Gasteiger partial charge in [0.05, 0.1) is 0 Å². The standard InChI is InChI=1S/C32H40BrNO17/c1-14(35)42-12-23-26(27(45-17(4)38)29(47-19(6)40)31(49-23)34-22-10-8-21(33)9-11-22)51-32-30(48-20(7)41)28(46-18(5)39)25(44-16(3)37)24(50-32)13-43-15(2)36/h8-11,23-32,34H,12-13H2,1-7H3/t23-,24-,25+,26-,27+,28+,29-,30-,31?,32+/m1/s1. The summed E-state index contributed by atoms with van der Waals surface area (Å²) < 4.78 is 57.5. The van der Waals surface area contributed by atoms with Crippen LogP contribution in [-0.4, -0.2) is 116 Å². The van der Waals surface area contributed by atoms with E-state index in [2.05, 4.69) is 21.2 Å². The summed E-state index contributed by atoms with van der Waals surface area (Å²) in [6, 6.07) is 6.81. The maximum atomic E-state index is 12.6. The fraction of sp³-hybridized carbons (Fsp3) is 0.594. The average Bonchev–Trinajstić information content (AvgIpc) is 3.00. The summed E-state index contributed by atoms with van der Waals surface area (Å²) in [5.74, 6) is -5.73. The molecule has 2 aliphatic heterocycles. The molecule has 2 aliphatic rings. The molecule has 1 unspecified atom stereocenters. The van der Waals surface area contributed by atoms with Crippen molar-refractivity contribution < 1.29 is 80.9 Å². The van der Waals surface area contributed by atoms with E-state index in [-0.39, 0.29) is 0 Å². The van der Waals surface area contributed by atoms with Crippen LogP contribution in [0.5, 0.6) is 0 Å². The summed E-state index contributed by atoms with van der Waals surface area (Å²) in [7, 11) is 0. The van der Waals surface area contributed by atoms with Gasteiger partial charge in [-0.2, -0.15) is 0 Å².